The van der Waals surface area contributed by atoms with E-state index in [9.17, 15) is 14.7 Å². The Morgan fingerprint density at radius 2 is 2.25 bits per heavy atom. The number of amides is 3. The molecule has 1 heterocycles. The van der Waals surface area contributed by atoms with Gasteiger partial charge in [0, 0.05) is 5.02 Å². The number of β-amino-alcohol motifs (C(OH)–C–C–N with tert-alkyl or cyclic N) is 1. The molecular weight excluding hydrogens is 284 g/mol. The SMILES string of the molecule is Cc1cc(OCC(O)CN2C(=O)CNC2=O)ccc1Cl. The number of halogens is 1. The minimum atomic E-state index is -0.946. The topological polar surface area (TPSA) is 78.9 Å². The summed E-state index contributed by atoms with van der Waals surface area (Å²) in [6.45, 7) is 1.72. The molecule has 0 radical (unpaired) electrons. The Labute approximate surface area is 121 Å². The van der Waals surface area contributed by atoms with Gasteiger partial charge in [0.1, 0.15) is 18.5 Å². The molecule has 0 bridgehead atoms. The van der Waals surface area contributed by atoms with Crippen LogP contribution in [0.3, 0.4) is 0 Å². The molecule has 3 amide bonds. The molecule has 1 unspecified atom stereocenters. The van der Waals surface area contributed by atoms with E-state index in [4.69, 9.17) is 16.3 Å². The van der Waals surface area contributed by atoms with E-state index in [1.807, 2.05) is 6.92 Å². The fraction of sp³-hybridized carbons (Fsp3) is 0.385. The third-order valence-electron chi connectivity index (χ3n) is 2.90. The van der Waals surface area contributed by atoms with Crippen LogP contribution in [0, 0.1) is 6.92 Å². The lowest BCUT2D eigenvalue weighted by Gasteiger charge is -2.18. The maximum atomic E-state index is 11.4. The van der Waals surface area contributed by atoms with E-state index in [-0.39, 0.29) is 25.6 Å². The van der Waals surface area contributed by atoms with Gasteiger partial charge in [-0.25, -0.2) is 4.79 Å². The minimum absolute atomic E-state index is 0.0157. The van der Waals surface area contributed by atoms with Gasteiger partial charge < -0.3 is 15.2 Å². The number of imide groups is 1. The number of carbonyl (C=O) groups excluding carboxylic acids is 2. The average molecular weight is 299 g/mol. The molecule has 0 spiro atoms. The first-order chi connectivity index (χ1) is 9.47. The van der Waals surface area contributed by atoms with E-state index in [1.165, 1.54) is 0 Å². The lowest BCUT2D eigenvalue weighted by Crippen LogP contribution is -2.39. The molecule has 1 aromatic carbocycles. The predicted octanol–water partition coefficient (Wildman–Crippen LogP) is 0.940. The van der Waals surface area contributed by atoms with Crippen molar-refractivity contribution in [3.05, 3.63) is 28.8 Å². The number of hydrogen-bond donors (Lipinski definition) is 2. The van der Waals surface area contributed by atoms with Crippen LogP contribution in [0.1, 0.15) is 5.56 Å². The Bertz CT molecular complexity index is 519. The molecule has 20 heavy (non-hydrogen) atoms. The molecule has 1 fully saturated rings. The molecular formula is C13H15ClN2O4. The summed E-state index contributed by atoms with van der Waals surface area (Å²) in [5.74, 6) is 0.222. The van der Waals surface area contributed by atoms with Crippen LogP contribution in [-0.2, 0) is 4.79 Å². The van der Waals surface area contributed by atoms with Crippen molar-refractivity contribution in [2.24, 2.45) is 0 Å². The van der Waals surface area contributed by atoms with E-state index >= 15 is 0 Å². The number of aryl methyl sites for hydroxylation is 1. The number of nitrogens with one attached hydrogen (secondary N) is 1. The minimum Gasteiger partial charge on any atom is -0.491 e. The first kappa shape index (κ1) is 14.6. The van der Waals surface area contributed by atoms with Crippen molar-refractivity contribution in [2.45, 2.75) is 13.0 Å². The van der Waals surface area contributed by atoms with Crippen LogP contribution in [0.2, 0.25) is 5.02 Å². The fourth-order valence-corrected chi connectivity index (χ4v) is 1.92. The molecule has 7 heteroatoms. The highest BCUT2D eigenvalue weighted by molar-refractivity contribution is 6.31. The molecule has 6 nitrogen and oxygen atoms in total. The molecule has 1 atom stereocenters. The zero-order valence-corrected chi connectivity index (χ0v) is 11.7. The fourth-order valence-electron chi connectivity index (χ4n) is 1.80. The van der Waals surface area contributed by atoms with Gasteiger partial charge in [0.05, 0.1) is 13.1 Å². The van der Waals surface area contributed by atoms with Crippen LogP contribution < -0.4 is 10.1 Å². The Morgan fingerprint density at radius 3 is 2.85 bits per heavy atom. The van der Waals surface area contributed by atoms with Crippen molar-refractivity contribution in [3.63, 3.8) is 0 Å². The van der Waals surface area contributed by atoms with Gasteiger partial charge in [-0.05, 0) is 30.7 Å². The zero-order valence-electron chi connectivity index (χ0n) is 10.9. The third-order valence-corrected chi connectivity index (χ3v) is 3.33. The van der Waals surface area contributed by atoms with Gasteiger partial charge in [0.2, 0.25) is 5.91 Å². The predicted molar refractivity (Wildman–Crippen MR) is 72.8 cm³/mol. The van der Waals surface area contributed by atoms with Crippen LogP contribution in [0.5, 0.6) is 5.75 Å². The van der Waals surface area contributed by atoms with Gasteiger partial charge in [-0.1, -0.05) is 11.6 Å². The summed E-state index contributed by atoms with van der Waals surface area (Å²) >= 11 is 5.90. The molecule has 1 aliphatic heterocycles. The normalized spacial score (nSPS) is 16.2. The number of nitrogens with zero attached hydrogens (tertiary/aromatic N) is 1. The Morgan fingerprint density at radius 1 is 1.50 bits per heavy atom. The number of hydrogen-bond acceptors (Lipinski definition) is 4. The number of aliphatic hydroxyl groups is 1. The van der Waals surface area contributed by atoms with Gasteiger partial charge in [-0.3, -0.25) is 9.69 Å². The van der Waals surface area contributed by atoms with E-state index < -0.39 is 12.1 Å². The van der Waals surface area contributed by atoms with Crippen LogP contribution >= 0.6 is 11.6 Å². The summed E-state index contributed by atoms with van der Waals surface area (Å²) in [4.78, 5) is 23.6. The van der Waals surface area contributed by atoms with Gasteiger partial charge >= 0.3 is 6.03 Å². The average Bonchev–Trinajstić information content (AvgIpc) is 2.72. The summed E-state index contributed by atoms with van der Waals surface area (Å²) in [5, 5.41) is 12.8. The van der Waals surface area contributed by atoms with E-state index in [2.05, 4.69) is 5.32 Å². The number of rotatable bonds is 5. The first-order valence-electron chi connectivity index (χ1n) is 6.12. The van der Waals surface area contributed by atoms with Crippen molar-refractivity contribution in [3.8, 4) is 5.75 Å². The highest BCUT2D eigenvalue weighted by Crippen LogP contribution is 2.21. The van der Waals surface area contributed by atoms with E-state index in [0.717, 1.165) is 10.5 Å². The van der Waals surface area contributed by atoms with E-state index in [1.54, 1.807) is 18.2 Å². The largest absolute Gasteiger partial charge is 0.491 e. The molecule has 108 valence electrons. The van der Waals surface area contributed by atoms with E-state index in [0.29, 0.717) is 10.8 Å². The lowest BCUT2D eigenvalue weighted by atomic mass is 10.2. The summed E-state index contributed by atoms with van der Waals surface area (Å²) in [6, 6.07) is 4.66. The van der Waals surface area contributed by atoms with Crippen LogP contribution in [0.25, 0.3) is 0 Å². The Kier molecular flexibility index (Phi) is 4.46. The second-order valence-corrected chi connectivity index (χ2v) is 4.95. The number of carbonyl (C=O) groups is 2. The smallest absolute Gasteiger partial charge is 0.324 e. The van der Waals surface area contributed by atoms with Crippen LogP contribution in [-0.4, -0.2) is 47.7 Å². The van der Waals surface area contributed by atoms with Crippen LogP contribution in [0.15, 0.2) is 18.2 Å². The highest BCUT2D eigenvalue weighted by atomic mass is 35.5. The number of benzene rings is 1. The van der Waals surface area contributed by atoms with Gasteiger partial charge in [0.15, 0.2) is 0 Å². The number of aliphatic hydroxyl groups excluding tert-OH is 1. The molecule has 2 N–H and O–H groups in total. The second kappa shape index (κ2) is 6.11. The summed E-state index contributed by atoms with van der Waals surface area (Å²) in [7, 11) is 0. The maximum Gasteiger partial charge on any atom is 0.324 e. The summed E-state index contributed by atoms with van der Waals surface area (Å²) in [6.07, 6.45) is -0.946. The Balaban J connectivity index is 1.85. The molecule has 0 aliphatic carbocycles. The maximum absolute atomic E-state index is 11.4. The third kappa shape index (κ3) is 3.40. The summed E-state index contributed by atoms with van der Waals surface area (Å²) in [5.41, 5.74) is 0.868. The van der Waals surface area contributed by atoms with Crippen molar-refractivity contribution in [1.29, 1.82) is 0 Å². The van der Waals surface area contributed by atoms with Crippen molar-refractivity contribution >= 4 is 23.5 Å². The molecule has 2 rings (SSSR count). The Hall–Kier alpha value is -1.79. The summed E-state index contributed by atoms with van der Waals surface area (Å²) < 4.78 is 5.41. The molecule has 1 aromatic rings. The van der Waals surface area contributed by atoms with Crippen molar-refractivity contribution in [2.75, 3.05) is 19.7 Å². The lowest BCUT2D eigenvalue weighted by molar-refractivity contribution is -0.126. The van der Waals surface area contributed by atoms with Gasteiger partial charge in [0.25, 0.3) is 0 Å². The van der Waals surface area contributed by atoms with Gasteiger partial charge in [-0.15, -0.1) is 0 Å². The zero-order chi connectivity index (χ0) is 14.7. The number of ether oxygens (including phenoxy) is 1. The first-order valence-corrected chi connectivity index (χ1v) is 6.50. The second-order valence-electron chi connectivity index (χ2n) is 4.54. The highest BCUT2D eigenvalue weighted by Gasteiger charge is 2.30. The van der Waals surface area contributed by atoms with Crippen molar-refractivity contribution < 1.29 is 19.4 Å². The monoisotopic (exact) mass is 298 g/mol. The van der Waals surface area contributed by atoms with Gasteiger partial charge in [-0.2, -0.15) is 0 Å². The standard InChI is InChI=1S/C13H15ClN2O4/c1-8-4-10(2-3-11(8)14)20-7-9(17)6-16-12(18)5-15-13(16)19/h2-4,9,17H,5-7H2,1H3,(H,15,19). The van der Waals surface area contributed by atoms with Crippen molar-refractivity contribution in [1.82, 2.24) is 10.2 Å². The molecule has 1 saturated heterocycles. The molecule has 1 aliphatic rings. The molecule has 0 saturated carbocycles. The number of urea groups is 1. The van der Waals surface area contributed by atoms with Crippen LogP contribution in [0.4, 0.5) is 4.79 Å². The molecule has 0 aromatic heterocycles. The quantitative estimate of drug-likeness (QED) is 0.793.